The molecule has 4 rings (SSSR count). The van der Waals surface area contributed by atoms with Crippen LogP contribution in [0.25, 0.3) is 0 Å². The second kappa shape index (κ2) is 11.8. The van der Waals surface area contributed by atoms with Crippen molar-refractivity contribution in [3.05, 3.63) is 87.1 Å². The number of unbranched alkanes of at least 4 members (excludes halogenated alkanes) is 1. The van der Waals surface area contributed by atoms with Gasteiger partial charge in [-0.2, -0.15) is 11.3 Å². The Balaban J connectivity index is 1.36. The molecular weight excluding hydrogens is 452 g/mol. The van der Waals surface area contributed by atoms with Crippen molar-refractivity contribution >= 4 is 28.7 Å². The quantitative estimate of drug-likeness (QED) is 0.315. The van der Waals surface area contributed by atoms with Gasteiger partial charge in [-0.25, -0.2) is 0 Å². The van der Waals surface area contributed by atoms with Gasteiger partial charge in [-0.15, -0.1) is 0 Å². The van der Waals surface area contributed by atoms with E-state index in [0.29, 0.717) is 16.1 Å². The summed E-state index contributed by atoms with van der Waals surface area (Å²) in [4.78, 5) is 17.7. The van der Waals surface area contributed by atoms with Crippen molar-refractivity contribution in [3.63, 3.8) is 0 Å². The molecule has 2 heterocycles. The van der Waals surface area contributed by atoms with Crippen LogP contribution in [0.5, 0.6) is 5.75 Å². The van der Waals surface area contributed by atoms with Crippen LogP contribution in [-0.4, -0.2) is 48.0 Å². The molecule has 1 aromatic heterocycles. The van der Waals surface area contributed by atoms with Crippen LogP contribution in [0.1, 0.15) is 47.7 Å². The van der Waals surface area contributed by atoms with Gasteiger partial charge in [0.25, 0.3) is 0 Å². The minimum Gasteiger partial charge on any atom is -0.475 e. The largest absolute Gasteiger partial charge is 0.475 e. The van der Waals surface area contributed by atoms with E-state index in [9.17, 15) is 4.79 Å². The Bertz CT molecular complexity index is 998. The smallest absolute Gasteiger partial charge is 0.193 e. The molecule has 174 valence electrons. The number of ketones is 1. The van der Waals surface area contributed by atoms with Gasteiger partial charge < -0.3 is 4.74 Å². The Kier molecular flexibility index (Phi) is 8.57. The number of hydrogen-bond donors (Lipinski definition) is 0. The first kappa shape index (κ1) is 24.0. The predicted molar refractivity (Wildman–Crippen MR) is 136 cm³/mol. The molecule has 1 unspecified atom stereocenters. The Morgan fingerprint density at radius 1 is 1.00 bits per heavy atom. The van der Waals surface area contributed by atoms with E-state index in [0.717, 1.165) is 57.7 Å². The molecule has 1 aliphatic heterocycles. The molecule has 4 nitrogen and oxygen atoms in total. The molecule has 0 saturated carbocycles. The van der Waals surface area contributed by atoms with Crippen molar-refractivity contribution in [3.8, 4) is 5.75 Å². The first-order chi connectivity index (χ1) is 16.1. The Morgan fingerprint density at radius 3 is 2.27 bits per heavy atom. The highest BCUT2D eigenvalue weighted by Gasteiger charge is 2.25. The Hall–Kier alpha value is -2.18. The van der Waals surface area contributed by atoms with Crippen molar-refractivity contribution < 1.29 is 9.53 Å². The summed E-state index contributed by atoms with van der Waals surface area (Å²) >= 11 is 7.70. The Morgan fingerprint density at radius 2 is 1.67 bits per heavy atom. The molecule has 0 spiro atoms. The molecule has 33 heavy (non-hydrogen) atoms. The number of carbonyl (C=O) groups is 1. The van der Waals surface area contributed by atoms with E-state index in [4.69, 9.17) is 16.3 Å². The highest BCUT2D eigenvalue weighted by atomic mass is 35.5. The molecule has 0 bridgehead atoms. The van der Waals surface area contributed by atoms with Crippen LogP contribution < -0.4 is 4.74 Å². The summed E-state index contributed by atoms with van der Waals surface area (Å²) in [6, 6.07) is 16.7. The van der Waals surface area contributed by atoms with Crippen LogP contribution in [0, 0.1) is 0 Å². The van der Waals surface area contributed by atoms with E-state index in [1.54, 1.807) is 35.6 Å². The molecule has 1 fully saturated rings. The van der Waals surface area contributed by atoms with Crippen molar-refractivity contribution in [2.75, 3.05) is 26.2 Å². The summed E-state index contributed by atoms with van der Waals surface area (Å²) in [5, 5.41) is 5.01. The van der Waals surface area contributed by atoms with Crippen LogP contribution in [0.4, 0.5) is 0 Å². The minimum atomic E-state index is -0.0116. The van der Waals surface area contributed by atoms with Crippen LogP contribution in [0.2, 0.25) is 5.02 Å². The fraction of sp³-hybridized carbons (Fsp3) is 0.370. The van der Waals surface area contributed by atoms with Gasteiger partial charge in [0.1, 0.15) is 5.75 Å². The molecule has 0 aliphatic carbocycles. The van der Waals surface area contributed by atoms with Crippen LogP contribution in [0.3, 0.4) is 0 Å². The van der Waals surface area contributed by atoms with E-state index in [-0.39, 0.29) is 12.0 Å². The molecular formula is C27H31ClN2O2S. The normalized spacial score (nSPS) is 15.9. The van der Waals surface area contributed by atoms with Crippen LogP contribution in [0.15, 0.2) is 65.4 Å². The van der Waals surface area contributed by atoms with Gasteiger partial charge in [-0.1, -0.05) is 24.9 Å². The maximum atomic E-state index is 12.7. The number of carbonyl (C=O) groups excluding carboxylic acids is 1. The lowest BCUT2D eigenvalue weighted by molar-refractivity contribution is -0.0152. The lowest BCUT2D eigenvalue weighted by Gasteiger charge is -2.39. The molecule has 0 radical (unpaired) electrons. The molecule has 1 saturated heterocycles. The van der Waals surface area contributed by atoms with Crippen molar-refractivity contribution in [2.45, 2.75) is 39.0 Å². The monoisotopic (exact) mass is 482 g/mol. The molecule has 3 aromatic rings. The maximum absolute atomic E-state index is 12.7. The first-order valence-electron chi connectivity index (χ1n) is 11.7. The first-order valence-corrected chi connectivity index (χ1v) is 13.0. The van der Waals surface area contributed by atoms with Gasteiger partial charge in [0, 0.05) is 48.9 Å². The van der Waals surface area contributed by atoms with Gasteiger partial charge >= 0.3 is 0 Å². The zero-order valence-electron chi connectivity index (χ0n) is 19.1. The molecule has 1 aliphatic rings. The topological polar surface area (TPSA) is 32.8 Å². The molecule has 6 heteroatoms. The van der Waals surface area contributed by atoms with E-state index in [1.165, 1.54) is 5.56 Å². The maximum Gasteiger partial charge on any atom is 0.193 e. The van der Waals surface area contributed by atoms with E-state index < -0.39 is 0 Å². The summed E-state index contributed by atoms with van der Waals surface area (Å²) < 4.78 is 6.43. The SMILES string of the molecule is CCCCC(Oc1ccc(C(=O)c2ccc(Cl)cc2)cc1)N1CCN(Cc2ccsc2)CC1. The van der Waals surface area contributed by atoms with Gasteiger partial charge in [0.15, 0.2) is 12.0 Å². The Labute approximate surface area is 205 Å². The molecule has 2 aromatic carbocycles. The summed E-state index contributed by atoms with van der Waals surface area (Å²) in [5.74, 6) is 0.798. The third-order valence-electron chi connectivity index (χ3n) is 6.10. The van der Waals surface area contributed by atoms with Crippen LogP contribution in [-0.2, 0) is 6.54 Å². The number of piperazine rings is 1. The highest BCUT2D eigenvalue weighted by molar-refractivity contribution is 7.07. The van der Waals surface area contributed by atoms with E-state index >= 15 is 0 Å². The second-order valence-corrected chi connectivity index (χ2v) is 9.74. The average molecular weight is 483 g/mol. The fourth-order valence-electron chi connectivity index (χ4n) is 4.15. The molecule has 0 N–H and O–H groups in total. The van der Waals surface area contributed by atoms with Crippen molar-refractivity contribution in [1.29, 1.82) is 0 Å². The third-order valence-corrected chi connectivity index (χ3v) is 7.08. The number of halogens is 1. The molecule has 0 amide bonds. The zero-order chi connectivity index (χ0) is 23.0. The number of thiophene rings is 1. The molecule has 1 atom stereocenters. The summed E-state index contributed by atoms with van der Waals surface area (Å²) in [6.07, 6.45) is 3.34. The second-order valence-electron chi connectivity index (χ2n) is 8.52. The number of ether oxygens (including phenoxy) is 1. The minimum absolute atomic E-state index is 0.0116. The van der Waals surface area contributed by atoms with E-state index in [2.05, 4.69) is 33.6 Å². The number of benzene rings is 2. The predicted octanol–water partition coefficient (Wildman–Crippen LogP) is 6.35. The number of hydrogen-bond acceptors (Lipinski definition) is 5. The lowest BCUT2D eigenvalue weighted by atomic mass is 10.0. The van der Waals surface area contributed by atoms with Gasteiger partial charge in [0.2, 0.25) is 0 Å². The third kappa shape index (κ3) is 6.67. The van der Waals surface area contributed by atoms with E-state index in [1.807, 2.05) is 24.3 Å². The summed E-state index contributed by atoms with van der Waals surface area (Å²) in [5.41, 5.74) is 2.69. The van der Waals surface area contributed by atoms with Gasteiger partial charge in [-0.05, 0) is 83.8 Å². The van der Waals surface area contributed by atoms with Crippen molar-refractivity contribution in [1.82, 2.24) is 9.80 Å². The number of nitrogens with zero attached hydrogens (tertiary/aromatic N) is 2. The van der Waals surface area contributed by atoms with Gasteiger partial charge in [-0.3, -0.25) is 14.6 Å². The summed E-state index contributed by atoms with van der Waals surface area (Å²) in [7, 11) is 0. The zero-order valence-corrected chi connectivity index (χ0v) is 20.7. The highest BCUT2D eigenvalue weighted by Crippen LogP contribution is 2.22. The average Bonchev–Trinajstić information content (AvgIpc) is 3.36. The fourth-order valence-corrected chi connectivity index (χ4v) is 4.94. The van der Waals surface area contributed by atoms with Gasteiger partial charge in [0.05, 0.1) is 0 Å². The summed E-state index contributed by atoms with van der Waals surface area (Å²) in [6.45, 7) is 7.36. The van der Waals surface area contributed by atoms with Crippen molar-refractivity contribution in [2.24, 2.45) is 0 Å². The standard InChI is InChI=1S/C27H31ClN2O2S/c1-2-3-4-26(30-16-14-29(15-17-30)19-21-13-18-33-20-21)32-25-11-7-23(8-12-25)27(31)22-5-9-24(28)10-6-22/h5-13,18,20,26H,2-4,14-17,19H2,1H3. The lowest BCUT2D eigenvalue weighted by Crippen LogP contribution is -2.51. The van der Waals surface area contributed by atoms with Crippen LogP contribution >= 0.6 is 22.9 Å². The number of rotatable bonds is 10.